The van der Waals surface area contributed by atoms with Crippen molar-refractivity contribution >= 4 is 18.2 Å². The van der Waals surface area contributed by atoms with Crippen molar-refractivity contribution in [3.63, 3.8) is 0 Å². The maximum Gasteiger partial charge on any atom is 0.334 e. The molecule has 0 spiro atoms. The molecule has 1 amide bonds. The molecule has 4 aromatic rings. The summed E-state index contributed by atoms with van der Waals surface area (Å²) in [7, 11) is 1.29. The molecule has 1 aliphatic heterocycles. The van der Waals surface area contributed by atoms with Crippen molar-refractivity contribution in [1.29, 1.82) is 0 Å². The van der Waals surface area contributed by atoms with Gasteiger partial charge in [-0.2, -0.15) is 5.21 Å². The third kappa shape index (κ3) is 6.09. The Morgan fingerprint density at radius 2 is 1.88 bits per heavy atom. The van der Waals surface area contributed by atoms with Gasteiger partial charge in [0.25, 0.3) is 5.91 Å². The molecule has 2 unspecified atom stereocenters. The number of unbranched alkanes of at least 4 members (excludes halogenated alkanes) is 1. The zero-order valence-electron chi connectivity index (χ0n) is 24.5. The Kier molecular flexibility index (Phi) is 9.35. The average Bonchev–Trinajstić information content (AvgIpc) is 3.70. The van der Waals surface area contributed by atoms with Gasteiger partial charge >= 0.3 is 5.97 Å². The number of nitrogens with one attached hydrogen (secondary N) is 1. The largest absolute Gasteiger partial charge is 0.467 e. The lowest BCUT2D eigenvalue weighted by atomic mass is 9.98. The molecule has 0 radical (unpaired) electrons. The van der Waals surface area contributed by atoms with Crippen LogP contribution in [0.3, 0.4) is 0 Å². The van der Waals surface area contributed by atoms with Gasteiger partial charge in [-0.3, -0.25) is 9.59 Å². The molecule has 2 aromatic heterocycles. The predicted octanol–water partition coefficient (Wildman–Crippen LogP) is 3.32. The number of amides is 1. The summed E-state index contributed by atoms with van der Waals surface area (Å²) in [6.07, 6.45) is 2.24. The summed E-state index contributed by atoms with van der Waals surface area (Å²) in [5.74, 6) is 0.204. The lowest BCUT2D eigenvalue weighted by Gasteiger charge is -2.35. The number of hydrogen-bond acceptors (Lipinski definition) is 9. The normalized spacial score (nSPS) is 15.1. The van der Waals surface area contributed by atoms with Crippen molar-refractivity contribution < 1.29 is 23.9 Å². The number of aldehydes is 1. The molecule has 12 nitrogen and oxygen atoms in total. The van der Waals surface area contributed by atoms with Gasteiger partial charge in [0.1, 0.15) is 5.82 Å². The first-order valence-electron chi connectivity index (χ1n) is 14.5. The summed E-state index contributed by atoms with van der Waals surface area (Å²) >= 11 is 0. The van der Waals surface area contributed by atoms with Gasteiger partial charge in [0.05, 0.1) is 18.5 Å². The average molecular weight is 586 g/mol. The summed E-state index contributed by atoms with van der Waals surface area (Å²) < 4.78 is 12.6. The highest BCUT2D eigenvalue weighted by Gasteiger charge is 2.43. The highest BCUT2D eigenvalue weighted by Crippen LogP contribution is 2.34. The number of benzene rings is 2. The zero-order valence-corrected chi connectivity index (χ0v) is 24.5. The Labute approximate surface area is 249 Å². The second-order valence-corrected chi connectivity index (χ2v) is 10.2. The third-order valence-corrected chi connectivity index (χ3v) is 7.62. The van der Waals surface area contributed by atoms with Crippen LogP contribution in [0.1, 0.15) is 55.5 Å². The van der Waals surface area contributed by atoms with Gasteiger partial charge in [-0.1, -0.05) is 61.9 Å². The van der Waals surface area contributed by atoms with Gasteiger partial charge in [-0.05, 0) is 35.2 Å². The Hall–Kier alpha value is -4.71. The van der Waals surface area contributed by atoms with E-state index in [1.54, 1.807) is 6.92 Å². The summed E-state index contributed by atoms with van der Waals surface area (Å²) in [5, 5.41) is 14.5. The molecule has 1 N–H and O–H groups in total. The molecule has 3 heterocycles. The van der Waals surface area contributed by atoms with E-state index < -0.39 is 24.0 Å². The predicted molar refractivity (Wildman–Crippen MR) is 157 cm³/mol. The molecular formula is C31H35N7O5. The van der Waals surface area contributed by atoms with E-state index in [2.05, 4.69) is 27.5 Å². The molecule has 5 rings (SSSR count). The lowest BCUT2D eigenvalue weighted by Crippen LogP contribution is -2.49. The fourth-order valence-electron chi connectivity index (χ4n) is 5.54. The van der Waals surface area contributed by atoms with Crippen LogP contribution in [0.15, 0.2) is 48.5 Å². The molecule has 0 saturated carbocycles. The Morgan fingerprint density at radius 3 is 2.53 bits per heavy atom. The van der Waals surface area contributed by atoms with E-state index in [1.165, 1.54) is 12.0 Å². The van der Waals surface area contributed by atoms with Crippen LogP contribution < -0.4 is 0 Å². The number of aromatic amines is 1. The maximum atomic E-state index is 13.4. The van der Waals surface area contributed by atoms with Gasteiger partial charge in [0, 0.05) is 38.1 Å². The van der Waals surface area contributed by atoms with Crippen LogP contribution in [-0.2, 0) is 43.2 Å². The minimum Gasteiger partial charge on any atom is -0.467 e. The van der Waals surface area contributed by atoms with E-state index in [1.807, 2.05) is 53.1 Å². The molecule has 43 heavy (non-hydrogen) atoms. The van der Waals surface area contributed by atoms with Crippen LogP contribution in [0.25, 0.3) is 22.5 Å². The highest BCUT2D eigenvalue weighted by molar-refractivity contribution is 5.97. The summed E-state index contributed by atoms with van der Waals surface area (Å²) in [6, 6.07) is 15.0. The first-order chi connectivity index (χ1) is 21.0. The van der Waals surface area contributed by atoms with Crippen molar-refractivity contribution in [3.8, 4) is 22.5 Å². The fourth-order valence-corrected chi connectivity index (χ4v) is 5.54. The number of carbonyl (C=O) groups excluding carboxylic acids is 3. The van der Waals surface area contributed by atoms with Crippen molar-refractivity contribution in [3.05, 3.63) is 71.3 Å². The highest BCUT2D eigenvalue weighted by atomic mass is 16.5. The van der Waals surface area contributed by atoms with E-state index in [0.717, 1.165) is 53.0 Å². The standard InChI is InChI=1S/C31H35N7O5/c1-4-6-11-26-32-24-16-17-37(30(40)25(19-39)43-5-2)28(31(41)42-3)27(24)38(26)18-20-12-14-21(15-13-20)22-9-7-8-10-23(22)29-33-35-36-34-29/h7-10,12-15,19,25,28H,4-6,11,16-18H2,1-3H3,(H,33,34,35,36). The number of aryl methyl sites for hydroxylation is 1. The number of methoxy groups -OCH3 is 1. The molecule has 224 valence electrons. The second kappa shape index (κ2) is 13.5. The van der Waals surface area contributed by atoms with Crippen LogP contribution in [0.5, 0.6) is 0 Å². The van der Waals surface area contributed by atoms with Crippen molar-refractivity contribution in [2.45, 2.75) is 58.2 Å². The number of rotatable bonds is 12. The molecule has 0 aliphatic carbocycles. The molecule has 0 bridgehead atoms. The first-order valence-corrected chi connectivity index (χ1v) is 14.5. The number of esters is 1. The van der Waals surface area contributed by atoms with E-state index in [9.17, 15) is 14.4 Å². The summed E-state index contributed by atoms with van der Waals surface area (Å²) in [5.41, 5.74) is 5.19. The van der Waals surface area contributed by atoms with Gasteiger partial charge in [0.2, 0.25) is 5.82 Å². The van der Waals surface area contributed by atoms with E-state index in [0.29, 0.717) is 30.8 Å². The monoisotopic (exact) mass is 585 g/mol. The minimum absolute atomic E-state index is 0.186. The smallest absolute Gasteiger partial charge is 0.334 e. The van der Waals surface area contributed by atoms with E-state index in [4.69, 9.17) is 14.5 Å². The van der Waals surface area contributed by atoms with Gasteiger partial charge in [-0.25, -0.2) is 9.78 Å². The molecule has 1 aliphatic rings. The number of imidazole rings is 1. The second-order valence-electron chi connectivity index (χ2n) is 10.2. The van der Waals surface area contributed by atoms with Crippen molar-refractivity contribution in [2.75, 3.05) is 20.3 Å². The number of fused-ring (bicyclic) bond motifs is 1. The van der Waals surface area contributed by atoms with Crippen LogP contribution in [-0.4, -0.2) is 79.6 Å². The number of carbonyl (C=O) groups is 3. The Bertz CT molecular complexity index is 1570. The number of tetrazole rings is 1. The van der Waals surface area contributed by atoms with Crippen molar-refractivity contribution in [1.82, 2.24) is 35.1 Å². The molecule has 0 saturated heterocycles. The van der Waals surface area contributed by atoms with Gasteiger partial charge < -0.3 is 18.9 Å². The maximum absolute atomic E-state index is 13.4. The number of H-pyrrole nitrogens is 1. The lowest BCUT2D eigenvalue weighted by molar-refractivity contribution is -0.160. The number of nitrogens with zero attached hydrogens (tertiary/aromatic N) is 6. The summed E-state index contributed by atoms with van der Waals surface area (Å²) in [6.45, 7) is 4.67. The molecular weight excluding hydrogens is 550 g/mol. The molecule has 2 atom stereocenters. The Balaban J connectivity index is 1.52. The number of hydrogen-bond donors (Lipinski definition) is 1. The van der Waals surface area contributed by atoms with Crippen LogP contribution >= 0.6 is 0 Å². The Morgan fingerprint density at radius 1 is 1.12 bits per heavy atom. The topological polar surface area (TPSA) is 145 Å². The van der Waals surface area contributed by atoms with E-state index in [-0.39, 0.29) is 13.2 Å². The van der Waals surface area contributed by atoms with Crippen LogP contribution in [0, 0.1) is 0 Å². The van der Waals surface area contributed by atoms with Crippen LogP contribution in [0.4, 0.5) is 0 Å². The van der Waals surface area contributed by atoms with E-state index >= 15 is 0 Å². The SMILES string of the molecule is CCCCc1nc2c(n1Cc1ccc(-c3ccccc3-c3nn[nH]n3)cc1)C(C(=O)OC)N(C(=O)C(C=O)OCC)CC2. The molecule has 2 aromatic carbocycles. The fraction of sp³-hybridized carbons (Fsp3) is 0.387. The van der Waals surface area contributed by atoms with Gasteiger partial charge in [-0.15, -0.1) is 10.2 Å². The number of aromatic nitrogens is 6. The molecule has 12 heteroatoms. The zero-order chi connectivity index (χ0) is 30.3. The molecule has 0 fully saturated rings. The third-order valence-electron chi connectivity index (χ3n) is 7.62. The van der Waals surface area contributed by atoms with Crippen LogP contribution in [0.2, 0.25) is 0 Å². The minimum atomic E-state index is -1.29. The summed E-state index contributed by atoms with van der Waals surface area (Å²) in [4.78, 5) is 44.7. The number of ether oxygens (including phenoxy) is 2. The van der Waals surface area contributed by atoms with Gasteiger partial charge in [0.15, 0.2) is 18.4 Å². The first kappa shape index (κ1) is 29.8. The quantitative estimate of drug-likeness (QED) is 0.150. The van der Waals surface area contributed by atoms with Crippen molar-refractivity contribution in [2.24, 2.45) is 0 Å².